The van der Waals surface area contributed by atoms with E-state index >= 15 is 0 Å². The Morgan fingerprint density at radius 1 is 0.844 bits per heavy atom. The van der Waals surface area contributed by atoms with Crippen molar-refractivity contribution in [2.45, 2.75) is 13.3 Å². The molecule has 162 valence electrons. The lowest BCUT2D eigenvalue weighted by molar-refractivity contribution is 0.591. The van der Waals surface area contributed by atoms with E-state index in [1.54, 1.807) is 10.6 Å². The molecule has 0 radical (unpaired) electrons. The van der Waals surface area contributed by atoms with Crippen molar-refractivity contribution >= 4 is 22.5 Å². The van der Waals surface area contributed by atoms with Gasteiger partial charge in [-0.2, -0.15) is 0 Å². The number of piperazine rings is 1. The third kappa shape index (κ3) is 3.62. The number of fused-ring (bicyclic) bond motifs is 1. The number of aromatic nitrogens is 2. The molecule has 0 unspecified atom stereocenters. The molecule has 2 heterocycles. The zero-order valence-corrected chi connectivity index (χ0v) is 18.0. The average Bonchev–Trinajstić information content (AvgIpc) is 2.85. The van der Waals surface area contributed by atoms with Crippen LogP contribution in [0.1, 0.15) is 12.5 Å². The van der Waals surface area contributed by atoms with Crippen LogP contribution in [0.15, 0.2) is 77.6 Å². The quantitative estimate of drug-likeness (QED) is 0.483. The van der Waals surface area contributed by atoms with Crippen LogP contribution in [0.25, 0.3) is 16.6 Å². The van der Waals surface area contributed by atoms with Gasteiger partial charge in [0, 0.05) is 26.2 Å². The van der Waals surface area contributed by atoms with Crippen LogP contribution >= 0.6 is 0 Å². The van der Waals surface area contributed by atoms with Crippen molar-refractivity contribution in [2.24, 2.45) is 0 Å². The van der Waals surface area contributed by atoms with E-state index in [9.17, 15) is 9.18 Å². The Balaban J connectivity index is 1.54. The highest BCUT2D eigenvalue weighted by atomic mass is 19.1. The molecule has 5 nitrogen and oxygen atoms in total. The number of nitrogens with zero attached hydrogens (tertiary/aromatic N) is 4. The molecule has 0 saturated carbocycles. The van der Waals surface area contributed by atoms with E-state index in [0.717, 1.165) is 12.1 Å². The molecule has 0 amide bonds. The van der Waals surface area contributed by atoms with E-state index in [2.05, 4.69) is 24.0 Å². The summed E-state index contributed by atoms with van der Waals surface area (Å²) in [5.74, 6) is 0.420. The van der Waals surface area contributed by atoms with Gasteiger partial charge in [-0.15, -0.1) is 0 Å². The smallest absolute Gasteiger partial charge is 0.267 e. The molecule has 4 aromatic rings. The average molecular weight is 429 g/mol. The third-order valence-electron chi connectivity index (χ3n) is 6.12. The fourth-order valence-corrected chi connectivity index (χ4v) is 4.30. The Bertz CT molecular complexity index is 1310. The van der Waals surface area contributed by atoms with Crippen LogP contribution in [0.5, 0.6) is 0 Å². The highest BCUT2D eigenvalue weighted by Gasteiger charge is 2.24. The highest BCUT2D eigenvalue weighted by molar-refractivity contribution is 5.79. The summed E-state index contributed by atoms with van der Waals surface area (Å²) in [7, 11) is 0. The molecule has 6 heteroatoms. The van der Waals surface area contributed by atoms with Gasteiger partial charge in [-0.1, -0.05) is 43.3 Å². The van der Waals surface area contributed by atoms with Crippen LogP contribution in [0.2, 0.25) is 0 Å². The molecule has 0 bridgehead atoms. The molecule has 0 aliphatic carbocycles. The highest BCUT2D eigenvalue weighted by Crippen LogP contribution is 2.24. The number of halogens is 1. The zero-order chi connectivity index (χ0) is 22.1. The van der Waals surface area contributed by atoms with Crippen LogP contribution in [-0.2, 0) is 6.42 Å². The van der Waals surface area contributed by atoms with Gasteiger partial charge < -0.3 is 9.80 Å². The van der Waals surface area contributed by atoms with Gasteiger partial charge in [-0.3, -0.25) is 4.79 Å². The second-order valence-electron chi connectivity index (χ2n) is 8.02. The summed E-state index contributed by atoms with van der Waals surface area (Å²) >= 11 is 0. The molecular weight excluding hydrogens is 403 g/mol. The lowest BCUT2D eigenvalue weighted by atomic mass is 10.1. The fraction of sp³-hybridized carbons (Fsp3) is 0.231. The topological polar surface area (TPSA) is 41.4 Å². The lowest BCUT2D eigenvalue weighted by Gasteiger charge is -2.37. The first-order valence-corrected chi connectivity index (χ1v) is 11.0. The predicted octanol–water partition coefficient (Wildman–Crippen LogP) is 4.41. The van der Waals surface area contributed by atoms with Gasteiger partial charge in [0.05, 0.1) is 22.3 Å². The second kappa shape index (κ2) is 8.46. The maximum atomic E-state index is 14.3. The van der Waals surface area contributed by atoms with Gasteiger partial charge in [-0.25, -0.2) is 13.9 Å². The molecule has 1 aliphatic heterocycles. The molecule has 1 aliphatic rings. The zero-order valence-electron chi connectivity index (χ0n) is 18.0. The second-order valence-corrected chi connectivity index (χ2v) is 8.02. The number of rotatable bonds is 4. The van der Waals surface area contributed by atoms with E-state index in [1.807, 2.05) is 53.4 Å². The van der Waals surface area contributed by atoms with Crippen molar-refractivity contribution in [2.75, 3.05) is 36.0 Å². The maximum absolute atomic E-state index is 14.3. The minimum atomic E-state index is -0.210. The van der Waals surface area contributed by atoms with Crippen molar-refractivity contribution in [1.82, 2.24) is 9.55 Å². The van der Waals surface area contributed by atoms with Crippen molar-refractivity contribution in [3.8, 4) is 5.69 Å². The summed E-state index contributed by atoms with van der Waals surface area (Å²) in [6, 6.07) is 22.4. The van der Waals surface area contributed by atoms with Crippen LogP contribution in [0, 0.1) is 5.82 Å². The molecule has 1 saturated heterocycles. The van der Waals surface area contributed by atoms with Crippen molar-refractivity contribution < 1.29 is 4.39 Å². The number of hydrogen-bond donors (Lipinski definition) is 0. The Kier molecular flexibility index (Phi) is 5.35. The SMILES string of the molecule is CCc1ccc(-n2c(N3CCN(c4ccccc4F)CC3)nc3ccccc3c2=O)cc1. The van der Waals surface area contributed by atoms with Crippen LogP contribution in [-0.4, -0.2) is 35.7 Å². The van der Waals surface area contributed by atoms with E-state index in [4.69, 9.17) is 4.98 Å². The van der Waals surface area contributed by atoms with Gasteiger partial charge in [0.2, 0.25) is 5.95 Å². The Morgan fingerprint density at radius 3 is 2.22 bits per heavy atom. The summed E-state index contributed by atoms with van der Waals surface area (Å²) in [5.41, 5.74) is 3.25. The molecule has 1 fully saturated rings. The van der Waals surface area contributed by atoms with E-state index < -0.39 is 0 Å². The number of hydrogen-bond acceptors (Lipinski definition) is 4. The van der Waals surface area contributed by atoms with Gasteiger partial charge in [0.1, 0.15) is 5.82 Å². The molecule has 0 N–H and O–H groups in total. The first kappa shape index (κ1) is 20.2. The third-order valence-corrected chi connectivity index (χ3v) is 6.12. The minimum Gasteiger partial charge on any atom is -0.366 e. The molecule has 1 aromatic heterocycles. The first-order valence-electron chi connectivity index (χ1n) is 11.0. The molecule has 0 atom stereocenters. The normalized spacial score (nSPS) is 14.2. The van der Waals surface area contributed by atoms with Crippen molar-refractivity contribution in [1.29, 1.82) is 0 Å². The van der Waals surface area contributed by atoms with Gasteiger partial charge in [-0.05, 0) is 48.4 Å². The van der Waals surface area contributed by atoms with Gasteiger partial charge >= 0.3 is 0 Å². The number of aryl methyl sites for hydroxylation is 1. The van der Waals surface area contributed by atoms with E-state index in [0.29, 0.717) is 48.7 Å². The monoisotopic (exact) mass is 428 g/mol. The Labute approximate surface area is 186 Å². The van der Waals surface area contributed by atoms with Crippen LogP contribution in [0.3, 0.4) is 0 Å². The first-order chi connectivity index (χ1) is 15.7. The van der Waals surface area contributed by atoms with Crippen LogP contribution in [0.4, 0.5) is 16.0 Å². The summed E-state index contributed by atoms with van der Waals surface area (Å²) < 4.78 is 16.0. The maximum Gasteiger partial charge on any atom is 0.267 e. The minimum absolute atomic E-state index is 0.0774. The molecule has 0 spiro atoms. The summed E-state index contributed by atoms with van der Waals surface area (Å²) in [6.45, 7) is 4.70. The largest absolute Gasteiger partial charge is 0.366 e. The molecular formula is C26H25FN4O. The number of benzene rings is 3. The Hall–Kier alpha value is -3.67. The number of anilines is 2. The Morgan fingerprint density at radius 2 is 1.50 bits per heavy atom. The van der Waals surface area contributed by atoms with E-state index in [1.165, 1.54) is 11.6 Å². The fourth-order valence-electron chi connectivity index (χ4n) is 4.30. The molecule has 3 aromatic carbocycles. The molecule has 5 rings (SSSR count). The lowest BCUT2D eigenvalue weighted by Crippen LogP contribution is -2.48. The summed E-state index contributed by atoms with van der Waals surface area (Å²) in [4.78, 5) is 22.6. The van der Waals surface area contributed by atoms with Crippen molar-refractivity contribution in [3.05, 3.63) is 94.5 Å². The summed E-state index contributed by atoms with van der Waals surface area (Å²) in [6.07, 6.45) is 0.940. The van der Waals surface area contributed by atoms with Crippen LogP contribution < -0.4 is 15.4 Å². The van der Waals surface area contributed by atoms with Crippen molar-refractivity contribution in [3.63, 3.8) is 0 Å². The summed E-state index contributed by atoms with van der Waals surface area (Å²) in [5, 5.41) is 0.598. The number of para-hydroxylation sites is 2. The van der Waals surface area contributed by atoms with Gasteiger partial charge in [0.15, 0.2) is 0 Å². The van der Waals surface area contributed by atoms with Gasteiger partial charge in [0.25, 0.3) is 5.56 Å². The molecule has 32 heavy (non-hydrogen) atoms. The predicted molar refractivity (Wildman–Crippen MR) is 128 cm³/mol. The standard InChI is InChI=1S/C26H25FN4O/c1-2-19-11-13-20(14-12-19)31-25(32)21-7-3-5-9-23(21)28-26(31)30-17-15-29(16-18-30)24-10-6-4-8-22(24)27/h3-14H,2,15-18H2,1H3. The van der Waals surface area contributed by atoms with E-state index in [-0.39, 0.29) is 11.4 Å².